The third kappa shape index (κ3) is 7.39. The van der Waals surface area contributed by atoms with E-state index in [1.807, 2.05) is 36.4 Å². The Morgan fingerprint density at radius 3 is 2.27 bits per heavy atom. The molecule has 4 aromatic rings. The molecule has 0 fully saturated rings. The van der Waals surface area contributed by atoms with Crippen LogP contribution < -0.4 is 0 Å². The topological polar surface area (TPSA) is 142 Å². The number of hydrogen-bond donors (Lipinski definition) is 3. The van der Waals surface area contributed by atoms with Crippen molar-refractivity contribution in [2.45, 2.75) is 11.4 Å². The van der Waals surface area contributed by atoms with Crippen molar-refractivity contribution in [2.75, 3.05) is 20.2 Å². The van der Waals surface area contributed by atoms with Crippen LogP contribution in [0.5, 0.6) is 0 Å². The molecule has 9 nitrogen and oxygen atoms in total. The van der Waals surface area contributed by atoms with E-state index in [1.165, 1.54) is 12.1 Å². The number of aldehydes is 1. The van der Waals surface area contributed by atoms with Gasteiger partial charge in [-0.2, -0.15) is 4.31 Å². The van der Waals surface area contributed by atoms with Crippen LogP contribution in [0.1, 0.15) is 5.56 Å². The molecule has 4 rings (SSSR count). The fourth-order valence-electron chi connectivity index (χ4n) is 3.74. The van der Waals surface area contributed by atoms with E-state index in [0.717, 1.165) is 27.9 Å². The minimum atomic E-state index is -4.11. The van der Waals surface area contributed by atoms with Crippen LogP contribution in [0.3, 0.4) is 0 Å². The van der Waals surface area contributed by atoms with Crippen LogP contribution in [-0.2, 0) is 48.5 Å². The van der Waals surface area contributed by atoms with Crippen molar-refractivity contribution in [2.24, 2.45) is 0 Å². The van der Waals surface area contributed by atoms with E-state index in [4.69, 9.17) is 5.11 Å². The minimum Gasteiger partial charge on any atom is -0.678 e. The van der Waals surface area contributed by atoms with E-state index in [9.17, 15) is 23.1 Å². The van der Waals surface area contributed by atoms with Gasteiger partial charge in [0.15, 0.2) is 0 Å². The summed E-state index contributed by atoms with van der Waals surface area (Å²) in [6.07, 6.45) is 2.39. The van der Waals surface area contributed by atoms with Crippen molar-refractivity contribution in [3.05, 3.63) is 89.9 Å². The van der Waals surface area contributed by atoms with E-state index in [2.05, 4.69) is 10.3 Å². The standard InChI is InChI=1S/C25H22N3O5S.CH4O.Ta/c29-13-12-27-24-15-18(14-23-22(24)10-11-26-23)16-28(17-25(30)31)34(32,33)21-8-6-20(7-9-21)19-4-2-1-3-5-19;1-2;/h1-11,13-15,26H,12,16-17H2,(H,30,31);2H,1H3;/q-1;;. The number of aromatic nitrogens is 1. The maximum Gasteiger partial charge on any atom is 0.318 e. The molecule has 0 unspecified atom stereocenters. The zero-order chi connectivity index (χ0) is 26.1. The van der Waals surface area contributed by atoms with Gasteiger partial charge in [0.25, 0.3) is 0 Å². The number of carboxylic acids is 1. The smallest absolute Gasteiger partial charge is 0.318 e. The monoisotopic (exact) mass is 689 g/mol. The van der Waals surface area contributed by atoms with Gasteiger partial charge in [-0.1, -0.05) is 55.1 Å². The molecule has 0 amide bonds. The molecular weight excluding hydrogens is 663 g/mol. The first-order valence-corrected chi connectivity index (χ1v) is 12.4. The molecule has 0 aliphatic carbocycles. The molecule has 1 heterocycles. The number of nitrogens with one attached hydrogen (secondary N) is 1. The number of benzene rings is 3. The van der Waals surface area contributed by atoms with E-state index in [1.54, 1.807) is 30.5 Å². The molecule has 193 valence electrons. The number of nitrogens with zero attached hydrogens (tertiary/aromatic N) is 2. The first-order valence-electron chi connectivity index (χ1n) is 10.9. The molecule has 37 heavy (non-hydrogen) atoms. The Kier molecular flexibility index (Phi) is 11.3. The van der Waals surface area contributed by atoms with Gasteiger partial charge in [0, 0.05) is 47.7 Å². The van der Waals surface area contributed by atoms with Crippen molar-refractivity contribution >= 4 is 38.9 Å². The molecular formula is C26H26N3O6STa-. The van der Waals surface area contributed by atoms with E-state index in [-0.39, 0.29) is 40.4 Å². The van der Waals surface area contributed by atoms with Crippen LogP contribution in [0.4, 0.5) is 5.69 Å². The van der Waals surface area contributed by atoms with Gasteiger partial charge in [-0.05, 0) is 46.3 Å². The van der Waals surface area contributed by atoms with Gasteiger partial charge in [-0.3, -0.25) is 4.79 Å². The van der Waals surface area contributed by atoms with Gasteiger partial charge in [0.2, 0.25) is 10.0 Å². The molecule has 1 aromatic heterocycles. The Bertz CT molecular complexity index is 1420. The van der Waals surface area contributed by atoms with Gasteiger partial charge in [-0.25, -0.2) is 8.42 Å². The zero-order valence-corrected chi connectivity index (χ0v) is 24.0. The molecule has 0 saturated carbocycles. The Morgan fingerprint density at radius 2 is 1.65 bits per heavy atom. The fourth-order valence-corrected chi connectivity index (χ4v) is 5.12. The van der Waals surface area contributed by atoms with E-state index in [0.29, 0.717) is 23.1 Å². The number of fused-ring (bicyclic) bond motifs is 1. The second-order valence-electron chi connectivity index (χ2n) is 7.62. The molecule has 0 spiro atoms. The summed E-state index contributed by atoms with van der Waals surface area (Å²) in [6, 6.07) is 21.1. The number of H-pyrrole nitrogens is 1. The molecule has 0 atom stereocenters. The van der Waals surface area contributed by atoms with Crippen LogP contribution >= 0.6 is 0 Å². The normalized spacial score (nSPS) is 10.8. The number of carbonyl (C=O) groups excluding carboxylic acids is 1. The molecule has 0 aliphatic rings. The number of aliphatic hydroxyl groups excluding tert-OH is 1. The van der Waals surface area contributed by atoms with E-state index >= 15 is 0 Å². The Hall–Kier alpha value is -3.25. The quantitative estimate of drug-likeness (QED) is 0.216. The van der Waals surface area contributed by atoms with Crippen molar-refractivity contribution in [3.63, 3.8) is 0 Å². The van der Waals surface area contributed by atoms with Crippen LogP contribution in [-0.4, -0.2) is 60.4 Å². The Labute approximate surface area is 230 Å². The first-order chi connectivity index (χ1) is 17.4. The zero-order valence-electron chi connectivity index (χ0n) is 20.0. The third-order valence-corrected chi connectivity index (χ3v) is 7.12. The Morgan fingerprint density at radius 1 is 1.00 bits per heavy atom. The number of aliphatic hydroxyl groups is 1. The Balaban J connectivity index is 0.00000157. The van der Waals surface area contributed by atoms with Crippen LogP contribution in [0.25, 0.3) is 27.3 Å². The van der Waals surface area contributed by atoms with Crippen LogP contribution in [0.15, 0.2) is 83.9 Å². The largest absolute Gasteiger partial charge is 0.678 e. The number of aliphatic carboxylic acids is 1. The maximum atomic E-state index is 13.4. The third-order valence-electron chi connectivity index (χ3n) is 5.31. The van der Waals surface area contributed by atoms with E-state index < -0.39 is 22.5 Å². The summed E-state index contributed by atoms with van der Waals surface area (Å²) in [4.78, 5) is 25.4. The number of carbonyl (C=O) groups is 2. The summed E-state index contributed by atoms with van der Waals surface area (Å²) in [5, 5.41) is 21.4. The van der Waals surface area contributed by atoms with Gasteiger partial charge in [0.1, 0.15) is 12.8 Å². The molecule has 0 bridgehead atoms. The molecule has 3 aromatic carbocycles. The number of rotatable bonds is 10. The predicted octanol–water partition coefficient (Wildman–Crippen LogP) is 3.92. The summed E-state index contributed by atoms with van der Waals surface area (Å²) in [5.41, 5.74) is 3.58. The fraction of sp³-hybridized carbons (Fsp3) is 0.154. The number of sulfonamides is 1. The molecule has 0 aliphatic heterocycles. The van der Waals surface area contributed by atoms with Gasteiger partial charge in [-0.15, -0.1) is 5.69 Å². The van der Waals surface area contributed by atoms with Crippen molar-refractivity contribution in [3.8, 4) is 11.1 Å². The predicted molar refractivity (Wildman–Crippen MR) is 138 cm³/mol. The summed E-state index contributed by atoms with van der Waals surface area (Å²) in [7, 11) is -3.11. The summed E-state index contributed by atoms with van der Waals surface area (Å²) >= 11 is 0. The molecule has 11 heteroatoms. The maximum absolute atomic E-state index is 13.4. The van der Waals surface area contributed by atoms with Crippen molar-refractivity contribution in [1.29, 1.82) is 0 Å². The number of aromatic amines is 1. The second kappa shape index (κ2) is 13.9. The molecule has 1 radical (unpaired) electrons. The summed E-state index contributed by atoms with van der Waals surface area (Å²) in [6.45, 7) is -0.908. The van der Waals surface area contributed by atoms with Crippen molar-refractivity contribution < 1.29 is 50.6 Å². The van der Waals surface area contributed by atoms with Gasteiger partial charge < -0.3 is 25.3 Å². The summed E-state index contributed by atoms with van der Waals surface area (Å²) < 4.78 is 27.7. The molecule has 0 saturated heterocycles. The SMILES string of the molecule is CO.O=CC[N-]c1cc(CN(CC(=O)O)S(=O)(=O)c2ccc(-c3ccccc3)cc2)cc2[nH]ccc12.[Ta]. The van der Waals surface area contributed by atoms with Crippen molar-refractivity contribution in [1.82, 2.24) is 9.29 Å². The molecule has 3 N–H and O–H groups in total. The average Bonchev–Trinajstić information content (AvgIpc) is 3.37. The van der Waals surface area contributed by atoms with Gasteiger partial charge >= 0.3 is 5.97 Å². The minimum absolute atomic E-state index is 0. The number of hydrogen-bond acceptors (Lipinski definition) is 5. The second-order valence-corrected chi connectivity index (χ2v) is 9.56. The van der Waals surface area contributed by atoms with Gasteiger partial charge in [0.05, 0.1) is 4.90 Å². The van der Waals surface area contributed by atoms with Crippen LogP contribution in [0, 0.1) is 0 Å². The first kappa shape index (κ1) is 30.0. The summed E-state index contributed by atoms with van der Waals surface area (Å²) in [5.74, 6) is -1.27. The average molecular weight is 690 g/mol. The van der Waals surface area contributed by atoms with Crippen LogP contribution in [0.2, 0.25) is 0 Å². The number of carboxylic acid groups (broad SMARTS) is 1.